The summed E-state index contributed by atoms with van der Waals surface area (Å²) in [5.74, 6) is 1.34. The molecule has 1 amide bonds. The van der Waals surface area contributed by atoms with Crippen LogP contribution in [0.2, 0.25) is 0 Å². The molecule has 120 valence electrons. The van der Waals surface area contributed by atoms with Crippen LogP contribution >= 0.6 is 0 Å². The monoisotopic (exact) mass is 313 g/mol. The van der Waals surface area contributed by atoms with E-state index in [1.807, 2.05) is 54.6 Å². The Morgan fingerprint density at radius 1 is 1.04 bits per heavy atom. The zero-order chi connectivity index (χ0) is 16.2. The first kappa shape index (κ1) is 15.5. The van der Waals surface area contributed by atoms with Gasteiger partial charge in [-0.25, -0.2) is 0 Å². The molecule has 1 aliphatic rings. The van der Waals surface area contributed by atoms with E-state index in [-0.39, 0.29) is 18.9 Å². The molecule has 5 heteroatoms. The molecule has 2 N–H and O–H groups in total. The van der Waals surface area contributed by atoms with Crippen LogP contribution in [-0.2, 0) is 11.3 Å². The Kier molecular flexibility index (Phi) is 4.60. The number of para-hydroxylation sites is 1. The number of amides is 1. The minimum atomic E-state index is -0.798. The van der Waals surface area contributed by atoms with E-state index in [0.29, 0.717) is 12.3 Å². The summed E-state index contributed by atoms with van der Waals surface area (Å²) in [5.41, 5.74) is 0.923. The molecule has 0 bridgehead atoms. The van der Waals surface area contributed by atoms with Crippen LogP contribution in [0.4, 0.5) is 0 Å². The fourth-order valence-electron chi connectivity index (χ4n) is 2.73. The number of likely N-dealkylation sites (tertiary alicyclic amines) is 1. The normalized spacial score (nSPS) is 20.8. The minimum Gasteiger partial charge on any atom is -0.457 e. The lowest BCUT2D eigenvalue weighted by atomic mass is 10.1. The first-order chi connectivity index (χ1) is 11.2. The number of ether oxygens (including phenoxy) is 1. The summed E-state index contributed by atoms with van der Waals surface area (Å²) >= 11 is 0. The summed E-state index contributed by atoms with van der Waals surface area (Å²) in [5, 5.41) is 19.1. The third-order valence-electron chi connectivity index (χ3n) is 3.99. The van der Waals surface area contributed by atoms with Gasteiger partial charge in [0.15, 0.2) is 0 Å². The van der Waals surface area contributed by atoms with Gasteiger partial charge in [0, 0.05) is 6.54 Å². The van der Waals surface area contributed by atoms with Crippen LogP contribution in [0.25, 0.3) is 0 Å². The van der Waals surface area contributed by atoms with Crippen molar-refractivity contribution >= 4 is 5.91 Å². The van der Waals surface area contributed by atoms with Gasteiger partial charge in [0.05, 0.1) is 25.2 Å². The number of carbonyl (C=O) groups excluding carboxylic acids is 1. The lowest BCUT2D eigenvalue weighted by Gasteiger charge is -2.24. The van der Waals surface area contributed by atoms with Crippen LogP contribution in [0, 0.1) is 0 Å². The number of nitrogens with zero attached hydrogens (tertiary/aromatic N) is 1. The number of rotatable bonds is 5. The third-order valence-corrected chi connectivity index (χ3v) is 3.99. The Morgan fingerprint density at radius 3 is 2.35 bits per heavy atom. The van der Waals surface area contributed by atoms with Crippen molar-refractivity contribution < 1.29 is 19.7 Å². The molecule has 1 aliphatic heterocycles. The Balaban J connectivity index is 1.67. The van der Waals surface area contributed by atoms with Crippen LogP contribution in [0.5, 0.6) is 11.5 Å². The zero-order valence-electron chi connectivity index (χ0n) is 12.6. The van der Waals surface area contributed by atoms with Crippen LogP contribution in [-0.4, -0.2) is 39.8 Å². The van der Waals surface area contributed by atoms with Crippen molar-refractivity contribution in [1.82, 2.24) is 4.90 Å². The van der Waals surface area contributed by atoms with E-state index < -0.39 is 12.1 Å². The molecule has 1 fully saturated rings. The van der Waals surface area contributed by atoms with E-state index in [1.54, 1.807) is 0 Å². The predicted octanol–water partition coefficient (Wildman–Crippen LogP) is 1.93. The van der Waals surface area contributed by atoms with Gasteiger partial charge in [0.25, 0.3) is 0 Å². The fraction of sp³-hybridized carbons (Fsp3) is 0.278. The summed E-state index contributed by atoms with van der Waals surface area (Å²) in [7, 11) is 0. The second kappa shape index (κ2) is 6.81. The largest absolute Gasteiger partial charge is 0.457 e. The molecule has 0 aromatic heterocycles. The highest BCUT2D eigenvalue weighted by atomic mass is 16.5. The molecular weight excluding hydrogens is 294 g/mol. The van der Waals surface area contributed by atoms with Crippen molar-refractivity contribution in [3.63, 3.8) is 0 Å². The second-order valence-electron chi connectivity index (χ2n) is 5.60. The van der Waals surface area contributed by atoms with Gasteiger partial charge in [-0.2, -0.15) is 0 Å². The number of carbonyl (C=O) groups is 1. The molecule has 1 saturated heterocycles. The zero-order valence-corrected chi connectivity index (χ0v) is 12.6. The van der Waals surface area contributed by atoms with Crippen molar-refractivity contribution in [3.05, 3.63) is 60.2 Å². The highest BCUT2D eigenvalue weighted by Gasteiger charge is 2.37. The molecule has 0 radical (unpaired) electrons. The lowest BCUT2D eigenvalue weighted by molar-refractivity contribution is -0.130. The molecule has 3 rings (SSSR count). The Morgan fingerprint density at radius 2 is 1.70 bits per heavy atom. The summed E-state index contributed by atoms with van der Waals surface area (Å²) < 4.78 is 5.72. The average Bonchev–Trinajstić information content (AvgIpc) is 2.83. The topological polar surface area (TPSA) is 70.0 Å². The Bertz CT molecular complexity index is 656. The van der Waals surface area contributed by atoms with Gasteiger partial charge in [-0.1, -0.05) is 30.3 Å². The Hall–Kier alpha value is -2.37. The average molecular weight is 313 g/mol. The van der Waals surface area contributed by atoms with E-state index in [2.05, 4.69) is 0 Å². The van der Waals surface area contributed by atoms with E-state index in [4.69, 9.17) is 4.74 Å². The summed E-state index contributed by atoms with van der Waals surface area (Å²) in [4.78, 5) is 13.4. The lowest BCUT2D eigenvalue weighted by Crippen LogP contribution is -2.39. The van der Waals surface area contributed by atoms with Gasteiger partial charge >= 0.3 is 0 Å². The molecule has 0 saturated carbocycles. The maximum absolute atomic E-state index is 11.9. The second-order valence-corrected chi connectivity index (χ2v) is 5.60. The fourth-order valence-corrected chi connectivity index (χ4v) is 2.73. The molecule has 2 atom stereocenters. The molecule has 1 heterocycles. The molecule has 0 aliphatic carbocycles. The highest BCUT2D eigenvalue weighted by Crippen LogP contribution is 2.24. The van der Waals surface area contributed by atoms with Crippen LogP contribution in [0.1, 0.15) is 12.0 Å². The van der Waals surface area contributed by atoms with Crippen molar-refractivity contribution in [1.29, 1.82) is 0 Å². The molecule has 5 nitrogen and oxygen atoms in total. The Labute approximate surface area is 134 Å². The van der Waals surface area contributed by atoms with Crippen molar-refractivity contribution in [2.24, 2.45) is 0 Å². The SMILES string of the molecule is O=C1C[C@@H](O)[C@@H](CO)N1Cc1ccc(Oc2ccccc2)cc1. The van der Waals surface area contributed by atoms with Crippen LogP contribution < -0.4 is 4.74 Å². The maximum atomic E-state index is 11.9. The highest BCUT2D eigenvalue weighted by molar-refractivity contribution is 5.79. The molecule has 23 heavy (non-hydrogen) atoms. The smallest absolute Gasteiger partial charge is 0.225 e. The van der Waals surface area contributed by atoms with E-state index in [9.17, 15) is 15.0 Å². The first-order valence-corrected chi connectivity index (χ1v) is 7.57. The first-order valence-electron chi connectivity index (χ1n) is 7.57. The van der Waals surface area contributed by atoms with Gasteiger partial charge in [0.1, 0.15) is 11.5 Å². The number of aliphatic hydroxyl groups excluding tert-OH is 2. The number of aliphatic hydroxyl groups is 2. The maximum Gasteiger partial charge on any atom is 0.225 e. The van der Waals surface area contributed by atoms with Gasteiger partial charge in [0.2, 0.25) is 5.91 Å². The van der Waals surface area contributed by atoms with Gasteiger partial charge in [-0.05, 0) is 29.8 Å². The van der Waals surface area contributed by atoms with Crippen molar-refractivity contribution in [3.8, 4) is 11.5 Å². The molecule has 0 unspecified atom stereocenters. The van der Waals surface area contributed by atoms with Crippen molar-refractivity contribution in [2.45, 2.75) is 25.1 Å². The summed E-state index contributed by atoms with van der Waals surface area (Å²) in [6.07, 6.45) is -0.728. The van der Waals surface area contributed by atoms with E-state index in [0.717, 1.165) is 11.3 Å². The molecule has 0 spiro atoms. The van der Waals surface area contributed by atoms with Gasteiger partial charge < -0.3 is 19.8 Å². The van der Waals surface area contributed by atoms with Gasteiger partial charge in [-0.3, -0.25) is 4.79 Å². The van der Waals surface area contributed by atoms with Crippen LogP contribution in [0.15, 0.2) is 54.6 Å². The number of benzene rings is 2. The molecule has 2 aromatic carbocycles. The van der Waals surface area contributed by atoms with Gasteiger partial charge in [-0.15, -0.1) is 0 Å². The van der Waals surface area contributed by atoms with E-state index >= 15 is 0 Å². The quantitative estimate of drug-likeness (QED) is 0.885. The summed E-state index contributed by atoms with van der Waals surface area (Å²) in [6.45, 7) is 0.134. The third kappa shape index (κ3) is 3.52. The standard InChI is InChI=1S/C18H19NO4/c20-12-16-17(21)10-18(22)19(16)11-13-6-8-15(9-7-13)23-14-4-2-1-3-5-14/h1-9,16-17,20-21H,10-12H2/t16-,17-/m1/s1. The molecule has 2 aromatic rings. The van der Waals surface area contributed by atoms with Crippen molar-refractivity contribution in [2.75, 3.05) is 6.61 Å². The van der Waals surface area contributed by atoms with Crippen LogP contribution in [0.3, 0.4) is 0 Å². The number of hydrogen-bond donors (Lipinski definition) is 2. The minimum absolute atomic E-state index is 0.0699. The number of hydrogen-bond acceptors (Lipinski definition) is 4. The summed E-state index contributed by atoms with van der Waals surface area (Å²) in [6, 6.07) is 16.4. The predicted molar refractivity (Wildman–Crippen MR) is 85.0 cm³/mol. The molecular formula is C18H19NO4. The van der Waals surface area contributed by atoms with E-state index in [1.165, 1.54) is 4.90 Å².